The molecular formula is C24H22N2O2. The van der Waals surface area contributed by atoms with Crippen molar-refractivity contribution in [1.82, 2.24) is 0 Å². The Morgan fingerprint density at radius 2 is 1.75 bits per heavy atom. The molecular weight excluding hydrogens is 348 g/mol. The number of nitrogens with zero attached hydrogens (tertiary/aromatic N) is 1. The fourth-order valence-corrected chi connectivity index (χ4v) is 4.55. The van der Waals surface area contributed by atoms with Gasteiger partial charge in [-0.25, -0.2) is 0 Å². The zero-order valence-electron chi connectivity index (χ0n) is 15.7. The number of carbonyl (C=O) groups is 2. The predicted molar refractivity (Wildman–Crippen MR) is 112 cm³/mol. The van der Waals surface area contributed by atoms with Crippen LogP contribution in [-0.4, -0.2) is 18.4 Å². The molecule has 1 N–H and O–H groups in total. The maximum Gasteiger partial charge on any atom is 0.228 e. The minimum atomic E-state index is -0.0111. The second-order valence-electron chi connectivity index (χ2n) is 7.66. The number of anilines is 2. The van der Waals surface area contributed by atoms with E-state index in [9.17, 15) is 9.59 Å². The molecule has 0 saturated heterocycles. The first-order chi connectivity index (χ1) is 13.7. The number of hydrogen-bond acceptors (Lipinski definition) is 2. The van der Waals surface area contributed by atoms with Gasteiger partial charge in [0.1, 0.15) is 0 Å². The van der Waals surface area contributed by atoms with Crippen molar-refractivity contribution in [2.24, 2.45) is 0 Å². The van der Waals surface area contributed by atoms with Crippen molar-refractivity contribution >= 4 is 34.0 Å². The average Bonchev–Trinajstić information content (AvgIpc) is 2.71. The molecule has 0 atom stereocenters. The largest absolute Gasteiger partial charge is 0.326 e. The number of rotatable bonds is 3. The maximum absolute atomic E-state index is 12.7. The van der Waals surface area contributed by atoms with Gasteiger partial charge in [-0.1, -0.05) is 42.5 Å². The zero-order valence-corrected chi connectivity index (χ0v) is 15.7. The van der Waals surface area contributed by atoms with E-state index in [1.165, 1.54) is 11.1 Å². The Morgan fingerprint density at radius 1 is 0.964 bits per heavy atom. The molecule has 140 valence electrons. The normalized spacial score (nSPS) is 15.4. The van der Waals surface area contributed by atoms with Crippen molar-refractivity contribution in [2.45, 2.75) is 32.1 Å². The van der Waals surface area contributed by atoms with Crippen molar-refractivity contribution in [2.75, 3.05) is 16.8 Å². The van der Waals surface area contributed by atoms with Gasteiger partial charge < -0.3 is 10.2 Å². The van der Waals surface area contributed by atoms with Crippen LogP contribution in [0.25, 0.3) is 10.8 Å². The van der Waals surface area contributed by atoms with Gasteiger partial charge in [-0.05, 0) is 58.9 Å². The molecule has 3 aromatic carbocycles. The molecule has 3 aromatic rings. The van der Waals surface area contributed by atoms with E-state index in [1.807, 2.05) is 41.3 Å². The quantitative estimate of drug-likeness (QED) is 0.749. The van der Waals surface area contributed by atoms with Crippen LogP contribution in [0.4, 0.5) is 11.4 Å². The lowest BCUT2D eigenvalue weighted by Crippen LogP contribution is -2.39. The topological polar surface area (TPSA) is 49.4 Å². The van der Waals surface area contributed by atoms with Gasteiger partial charge in [0.2, 0.25) is 11.8 Å². The monoisotopic (exact) mass is 370 g/mol. The molecule has 0 spiro atoms. The molecule has 2 aliphatic rings. The minimum absolute atomic E-state index is 0.0111. The van der Waals surface area contributed by atoms with Gasteiger partial charge in [0.25, 0.3) is 0 Å². The van der Waals surface area contributed by atoms with E-state index >= 15 is 0 Å². The summed E-state index contributed by atoms with van der Waals surface area (Å²) in [6, 6.07) is 18.3. The van der Waals surface area contributed by atoms with Gasteiger partial charge in [0, 0.05) is 18.7 Å². The van der Waals surface area contributed by atoms with Gasteiger partial charge in [0.15, 0.2) is 0 Å². The first-order valence-electron chi connectivity index (χ1n) is 9.92. The lowest BCUT2D eigenvalue weighted by molar-refractivity contribution is -0.119. The van der Waals surface area contributed by atoms with E-state index < -0.39 is 0 Å². The lowest BCUT2D eigenvalue weighted by Gasteiger charge is -2.35. The minimum Gasteiger partial charge on any atom is -0.326 e. The predicted octanol–water partition coefficient (Wildman–Crippen LogP) is 4.25. The summed E-state index contributed by atoms with van der Waals surface area (Å²) in [7, 11) is 0. The van der Waals surface area contributed by atoms with Crippen molar-refractivity contribution in [1.29, 1.82) is 0 Å². The summed E-state index contributed by atoms with van der Waals surface area (Å²) < 4.78 is 0. The van der Waals surface area contributed by atoms with Crippen molar-refractivity contribution in [3.05, 3.63) is 71.3 Å². The summed E-state index contributed by atoms with van der Waals surface area (Å²) in [5.74, 6) is 0.212. The smallest absolute Gasteiger partial charge is 0.228 e. The van der Waals surface area contributed by atoms with Crippen LogP contribution in [0.15, 0.2) is 54.6 Å². The van der Waals surface area contributed by atoms with Gasteiger partial charge in [-0.2, -0.15) is 0 Å². The SMILES string of the molecule is O=C(Cc1cccc2ccccc12)Nc1cc2c3c(c1)CCC(=O)N3CCC2. The van der Waals surface area contributed by atoms with Crippen LogP contribution in [-0.2, 0) is 28.9 Å². The van der Waals surface area contributed by atoms with Crippen LogP contribution in [0.1, 0.15) is 29.5 Å². The molecule has 0 saturated carbocycles. The highest BCUT2D eigenvalue weighted by Crippen LogP contribution is 2.37. The zero-order chi connectivity index (χ0) is 19.1. The maximum atomic E-state index is 12.7. The highest BCUT2D eigenvalue weighted by Gasteiger charge is 2.29. The molecule has 0 unspecified atom stereocenters. The second kappa shape index (κ2) is 6.79. The van der Waals surface area contributed by atoms with E-state index in [-0.39, 0.29) is 11.8 Å². The van der Waals surface area contributed by atoms with Crippen LogP contribution in [0.3, 0.4) is 0 Å². The molecule has 2 aliphatic heterocycles. The Kier molecular flexibility index (Phi) is 4.12. The van der Waals surface area contributed by atoms with E-state index in [1.54, 1.807) is 0 Å². The first kappa shape index (κ1) is 17.0. The van der Waals surface area contributed by atoms with E-state index in [0.29, 0.717) is 12.8 Å². The number of carbonyl (C=O) groups excluding carboxylic acids is 2. The third kappa shape index (κ3) is 2.95. The summed E-state index contributed by atoms with van der Waals surface area (Å²) in [6.45, 7) is 0.811. The molecule has 4 nitrogen and oxygen atoms in total. The Labute approximate surface area is 164 Å². The molecule has 2 amide bonds. The summed E-state index contributed by atoms with van der Waals surface area (Å²) in [4.78, 5) is 26.9. The summed E-state index contributed by atoms with van der Waals surface area (Å²) in [6.07, 6.45) is 3.59. The second-order valence-corrected chi connectivity index (χ2v) is 7.66. The number of nitrogens with one attached hydrogen (secondary N) is 1. The number of hydrogen-bond donors (Lipinski definition) is 1. The van der Waals surface area contributed by atoms with Gasteiger partial charge in [0.05, 0.1) is 12.1 Å². The van der Waals surface area contributed by atoms with E-state index in [4.69, 9.17) is 0 Å². The Balaban J connectivity index is 1.41. The van der Waals surface area contributed by atoms with Crippen LogP contribution in [0, 0.1) is 0 Å². The van der Waals surface area contributed by atoms with Crippen LogP contribution in [0.2, 0.25) is 0 Å². The number of amides is 2. The first-order valence-corrected chi connectivity index (χ1v) is 9.92. The van der Waals surface area contributed by atoms with E-state index in [0.717, 1.165) is 53.5 Å². The number of benzene rings is 3. The third-order valence-corrected chi connectivity index (χ3v) is 5.79. The van der Waals surface area contributed by atoms with E-state index in [2.05, 4.69) is 23.5 Å². The van der Waals surface area contributed by atoms with Crippen molar-refractivity contribution < 1.29 is 9.59 Å². The Bertz CT molecular complexity index is 1080. The van der Waals surface area contributed by atoms with Crippen LogP contribution >= 0.6 is 0 Å². The lowest BCUT2D eigenvalue weighted by atomic mass is 9.91. The molecule has 0 fully saturated rings. The molecule has 28 heavy (non-hydrogen) atoms. The Hall–Kier alpha value is -3.14. The molecule has 0 aromatic heterocycles. The standard InChI is InChI=1S/C24H22N2O2/c27-22(15-17-7-3-6-16-5-1-2-9-21(16)17)25-20-13-18-8-4-12-26-23(28)11-10-19(14-20)24(18)26/h1-3,5-7,9,13-14H,4,8,10-12,15H2,(H,25,27). The number of aryl methyl sites for hydroxylation is 2. The van der Waals surface area contributed by atoms with Crippen molar-refractivity contribution in [3.63, 3.8) is 0 Å². The highest BCUT2D eigenvalue weighted by atomic mass is 16.2. The van der Waals surface area contributed by atoms with Gasteiger partial charge in [-0.15, -0.1) is 0 Å². The molecule has 0 bridgehead atoms. The molecule has 4 heteroatoms. The fourth-order valence-electron chi connectivity index (χ4n) is 4.55. The summed E-state index contributed by atoms with van der Waals surface area (Å²) in [5, 5.41) is 5.36. The highest BCUT2D eigenvalue weighted by molar-refractivity contribution is 6.00. The van der Waals surface area contributed by atoms with Crippen LogP contribution < -0.4 is 10.2 Å². The molecule has 0 aliphatic carbocycles. The van der Waals surface area contributed by atoms with Crippen molar-refractivity contribution in [3.8, 4) is 0 Å². The molecule has 2 heterocycles. The average molecular weight is 370 g/mol. The Morgan fingerprint density at radius 3 is 2.64 bits per heavy atom. The summed E-state index contributed by atoms with van der Waals surface area (Å²) in [5.41, 5.74) is 5.32. The third-order valence-electron chi connectivity index (χ3n) is 5.79. The van der Waals surface area contributed by atoms with Crippen LogP contribution in [0.5, 0.6) is 0 Å². The molecule has 0 radical (unpaired) electrons. The number of fused-ring (bicyclic) bond motifs is 1. The molecule has 5 rings (SSSR count). The summed E-state index contributed by atoms with van der Waals surface area (Å²) >= 11 is 0. The van der Waals surface area contributed by atoms with Gasteiger partial charge in [-0.3, -0.25) is 9.59 Å². The fraction of sp³-hybridized carbons (Fsp3) is 0.250. The van der Waals surface area contributed by atoms with Gasteiger partial charge >= 0.3 is 0 Å².